The molecule has 0 amide bonds. The normalized spacial score (nSPS) is 12.8. The fourth-order valence-electron chi connectivity index (χ4n) is 13.1. The Labute approximate surface area is 635 Å². The molecule has 0 radical (unpaired) electrons. The summed E-state index contributed by atoms with van der Waals surface area (Å²) in [5, 5.41) is 25.4. The Kier molecular flexibility index (Phi) is 20.9. The molecule has 0 aliphatic heterocycles. The number of ketones is 2. The predicted octanol–water partition coefficient (Wildman–Crippen LogP) is 22.9. The van der Waals surface area contributed by atoms with Gasteiger partial charge < -0.3 is 10.2 Å². The average Bonchev–Trinajstić information content (AvgIpc) is 1.60. The van der Waals surface area contributed by atoms with Crippen LogP contribution in [0.1, 0.15) is 245 Å². The van der Waals surface area contributed by atoms with Crippen LogP contribution in [-0.4, -0.2) is 50.8 Å². The van der Waals surface area contributed by atoms with Crippen molar-refractivity contribution in [1.82, 2.24) is 29.1 Å². The molecule has 0 spiro atoms. The standard InChI is InChI=1S/C90H102N6O4.2Pt/c1-51(97)53-33-55(67-29-27-31-75-77(67)93-81(69-45-63(87(15,16)17)47-71(79(69)99)89(21,22)23)95(75)65-41-59(83(3,4)5)39-60(42-65)84(6,7)8)37-57(35-53)73-49-74(92-50-91-73)58-36-54(52(2)98)34-56(38-58)68-30-28-32-76-78(68)94-82(70-46-64(88(18,19)20)48-72(80(70)100)90(24,25)26)96(76)66-43-61(85(9,10)11)40-62(44-66)86(12,13)14;;/h27-36,39-50,99-100H,1-26H3;;/q-2;;. The number of aromatic nitrogens is 6. The van der Waals surface area contributed by atoms with Crippen molar-refractivity contribution in [3.05, 3.63) is 201 Å². The van der Waals surface area contributed by atoms with Crippen molar-refractivity contribution in [2.24, 2.45) is 0 Å². The minimum atomic E-state index is -0.408. The molecule has 0 aliphatic carbocycles. The van der Waals surface area contributed by atoms with Crippen molar-refractivity contribution >= 4 is 33.6 Å². The van der Waals surface area contributed by atoms with Crippen LogP contribution >= 0.6 is 0 Å². The summed E-state index contributed by atoms with van der Waals surface area (Å²) >= 11 is 0. The van der Waals surface area contributed by atoms with E-state index in [1.165, 1.54) is 28.6 Å². The van der Waals surface area contributed by atoms with Crippen LogP contribution in [0.4, 0.5) is 0 Å². The minimum Gasteiger partial charge on any atom is -0.507 e. The molecule has 11 aromatic rings. The Bertz CT molecular complexity index is 4740. The van der Waals surface area contributed by atoms with Gasteiger partial charge in [-0.2, -0.15) is 0 Å². The number of phenolic OH excluding ortho intramolecular Hbond substituents is 2. The Morgan fingerprint density at radius 1 is 0.353 bits per heavy atom. The third-order valence-corrected chi connectivity index (χ3v) is 19.6. The first kappa shape index (κ1) is 78.2. The van der Waals surface area contributed by atoms with E-state index in [1.54, 1.807) is 13.8 Å². The van der Waals surface area contributed by atoms with Gasteiger partial charge in [0.15, 0.2) is 0 Å². The van der Waals surface area contributed by atoms with Gasteiger partial charge in [0.1, 0.15) is 34.7 Å². The molecule has 0 bridgehead atoms. The summed E-state index contributed by atoms with van der Waals surface area (Å²) in [7, 11) is 0. The molecular formula is C90H102N6O4Pt2-2. The number of benzene rings is 8. The van der Waals surface area contributed by atoms with Crippen LogP contribution in [0.25, 0.3) is 101 Å². The van der Waals surface area contributed by atoms with E-state index < -0.39 is 10.8 Å². The van der Waals surface area contributed by atoms with E-state index in [4.69, 9.17) is 19.9 Å². The first-order chi connectivity index (χ1) is 46.1. The van der Waals surface area contributed by atoms with E-state index in [2.05, 4.69) is 260 Å². The molecule has 0 saturated heterocycles. The van der Waals surface area contributed by atoms with E-state index in [0.29, 0.717) is 78.6 Å². The van der Waals surface area contributed by atoms with Gasteiger partial charge in [0.25, 0.3) is 0 Å². The summed E-state index contributed by atoms with van der Waals surface area (Å²) < 4.78 is 4.39. The molecular weight excluding hydrogens is 1620 g/mol. The molecule has 102 heavy (non-hydrogen) atoms. The Morgan fingerprint density at radius 2 is 0.647 bits per heavy atom. The summed E-state index contributed by atoms with van der Waals surface area (Å²) in [4.78, 5) is 48.9. The number of carbonyl (C=O) groups is 2. The van der Waals surface area contributed by atoms with Gasteiger partial charge in [0.05, 0.1) is 39.5 Å². The van der Waals surface area contributed by atoms with Gasteiger partial charge in [-0.05, 0) is 150 Å². The number of rotatable bonds is 10. The number of hydrogen-bond donors (Lipinski definition) is 2. The SMILES string of the molecule is CC(=O)c1cc(-c2cc(-c3[c-]c(-c4cccc5c4nc(-c4cc(C(C)(C)C)cc(C(C)(C)C)c4O)n5-c4cc(C(C)(C)C)cc(C(C)(C)C)c4)cc(C(C)=O)c3)ncn2)[c-]c(-c2cccc3c2nc(-c2cc(C(C)(C)C)cc(C(C)(C)C)c2O)n3-c2cc(C(C)(C)C)cc(C(C)(C)C)c2)c1.[Pt].[Pt]. The third-order valence-electron chi connectivity index (χ3n) is 19.6. The van der Waals surface area contributed by atoms with Crippen LogP contribution in [0.2, 0.25) is 0 Å². The number of nitrogens with zero attached hydrogens (tertiary/aromatic N) is 6. The Hall–Kier alpha value is -7.90. The molecule has 10 nitrogen and oxygen atoms in total. The zero-order valence-corrected chi connectivity index (χ0v) is 69.3. The number of phenols is 2. The summed E-state index contributed by atoms with van der Waals surface area (Å²) in [6.45, 7) is 55.9. The van der Waals surface area contributed by atoms with Crippen LogP contribution < -0.4 is 0 Å². The number of aromatic hydroxyl groups is 2. The van der Waals surface area contributed by atoms with Crippen molar-refractivity contribution in [3.8, 4) is 90.4 Å². The maximum atomic E-state index is 13.9. The van der Waals surface area contributed by atoms with Crippen molar-refractivity contribution in [1.29, 1.82) is 0 Å². The van der Waals surface area contributed by atoms with Crippen LogP contribution in [0.5, 0.6) is 11.5 Å². The van der Waals surface area contributed by atoms with Gasteiger partial charge in [-0.15, -0.1) is 47.5 Å². The molecule has 12 heteroatoms. The largest absolute Gasteiger partial charge is 0.507 e. The van der Waals surface area contributed by atoms with Crippen molar-refractivity contribution in [2.45, 2.75) is 223 Å². The molecule has 3 aromatic heterocycles. The molecule has 0 aliphatic rings. The number of para-hydroxylation sites is 2. The smallest absolute Gasteiger partial charge is 0.148 e. The molecule has 3 heterocycles. The molecule has 0 atom stereocenters. The quantitative estimate of drug-likeness (QED) is 0.102. The van der Waals surface area contributed by atoms with Gasteiger partial charge in [-0.3, -0.25) is 28.7 Å². The first-order valence-electron chi connectivity index (χ1n) is 35.2. The van der Waals surface area contributed by atoms with Gasteiger partial charge >= 0.3 is 0 Å². The van der Waals surface area contributed by atoms with Crippen LogP contribution in [0, 0.1) is 12.1 Å². The summed E-state index contributed by atoms with van der Waals surface area (Å²) in [6, 6.07) is 51.0. The number of hydrogen-bond acceptors (Lipinski definition) is 8. The molecule has 11 rings (SSSR count). The number of imidazole rings is 2. The monoisotopic (exact) mass is 1720 g/mol. The zero-order valence-electron chi connectivity index (χ0n) is 64.7. The minimum absolute atomic E-state index is 0. The zero-order chi connectivity index (χ0) is 73.4. The van der Waals surface area contributed by atoms with E-state index >= 15 is 0 Å². The maximum absolute atomic E-state index is 13.9. The Morgan fingerprint density at radius 3 is 0.931 bits per heavy atom. The number of carbonyl (C=O) groups excluding carboxylic acids is 2. The summed E-state index contributed by atoms with van der Waals surface area (Å²) in [5.74, 6) is 1.22. The van der Waals surface area contributed by atoms with Crippen molar-refractivity contribution < 1.29 is 61.9 Å². The molecule has 2 N–H and O–H groups in total. The van der Waals surface area contributed by atoms with Crippen LogP contribution in [-0.2, 0) is 85.5 Å². The molecule has 8 aromatic carbocycles. The van der Waals surface area contributed by atoms with Crippen LogP contribution in [0.3, 0.4) is 0 Å². The average molecular weight is 1720 g/mol. The van der Waals surface area contributed by atoms with E-state index in [1.807, 2.05) is 54.6 Å². The van der Waals surface area contributed by atoms with Gasteiger partial charge in [-0.25, -0.2) is 9.97 Å². The fraction of sp³-hybridized carbons (Fsp3) is 0.378. The van der Waals surface area contributed by atoms with E-state index in [0.717, 1.165) is 55.8 Å². The van der Waals surface area contributed by atoms with Crippen molar-refractivity contribution in [2.75, 3.05) is 0 Å². The van der Waals surface area contributed by atoms with Gasteiger partial charge in [0, 0.05) is 76.0 Å². The van der Waals surface area contributed by atoms with Gasteiger partial charge in [-0.1, -0.05) is 243 Å². The Balaban J connectivity index is 0.00000605. The topological polar surface area (TPSA) is 136 Å². The fourth-order valence-corrected chi connectivity index (χ4v) is 13.1. The molecule has 0 unspecified atom stereocenters. The van der Waals surface area contributed by atoms with Crippen molar-refractivity contribution in [3.63, 3.8) is 0 Å². The third kappa shape index (κ3) is 15.5. The maximum Gasteiger partial charge on any atom is 0.148 e. The number of fused-ring (bicyclic) bond motifs is 2. The summed E-state index contributed by atoms with van der Waals surface area (Å²) in [5.41, 5.74) is 18.0. The summed E-state index contributed by atoms with van der Waals surface area (Å²) in [6.07, 6.45) is 1.50. The van der Waals surface area contributed by atoms with Gasteiger partial charge in [0.2, 0.25) is 0 Å². The second-order valence-corrected chi connectivity index (χ2v) is 36.1. The second-order valence-electron chi connectivity index (χ2n) is 36.1. The number of Topliss-reactive ketones (excluding diaryl/α,β-unsaturated/α-hetero) is 2. The first-order valence-corrected chi connectivity index (χ1v) is 35.2. The van der Waals surface area contributed by atoms with Crippen LogP contribution in [0.15, 0.2) is 134 Å². The molecule has 0 fully saturated rings. The predicted molar refractivity (Wildman–Crippen MR) is 415 cm³/mol. The van der Waals surface area contributed by atoms with E-state index in [-0.39, 0.29) is 97.7 Å². The molecule has 538 valence electrons. The van der Waals surface area contributed by atoms with E-state index in [9.17, 15) is 19.8 Å². The second kappa shape index (κ2) is 27.3. The molecule has 0 saturated carbocycles.